The van der Waals surface area contributed by atoms with E-state index in [9.17, 15) is 0 Å². The first-order valence-electron chi connectivity index (χ1n) is 10.5. The van der Waals surface area contributed by atoms with Gasteiger partial charge in [-0.2, -0.15) is 4.98 Å². The van der Waals surface area contributed by atoms with Gasteiger partial charge in [0.2, 0.25) is 5.95 Å². The third-order valence-corrected chi connectivity index (χ3v) is 5.37. The molecule has 1 N–H and O–H groups in total. The number of hydrogen-bond acceptors (Lipinski definition) is 5. The van der Waals surface area contributed by atoms with Gasteiger partial charge in [0.1, 0.15) is 18.2 Å². The Hall–Kier alpha value is -3.08. The number of nitrogens with zero attached hydrogens (tertiary/aromatic N) is 3. The van der Waals surface area contributed by atoms with E-state index < -0.39 is 0 Å². The smallest absolute Gasteiger partial charge is 0.227 e. The number of benzene rings is 2. The molecule has 1 atom stereocenters. The van der Waals surface area contributed by atoms with E-state index in [0.29, 0.717) is 12.6 Å². The lowest BCUT2D eigenvalue weighted by atomic mass is 10.0. The van der Waals surface area contributed by atoms with Crippen molar-refractivity contribution in [2.24, 2.45) is 0 Å². The summed E-state index contributed by atoms with van der Waals surface area (Å²) in [6.07, 6.45) is 6.70. The maximum atomic E-state index is 5.86. The summed E-state index contributed by atoms with van der Waals surface area (Å²) in [5.41, 5.74) is 2.14. The van der Waals surface area contributed by atoms with E-state index in [4.69, 9.17) is 9.72 Å². The van der Waals surface area contributed by atoms with E-state index in [1.54, 1.807) is 0 Å². The Morgan fingerprint density at radius 3 is 2.66 bits per heavy atom. The van der Waals surface area contributed by atoms with Gasteiger partial charge in [0.05, 0.1) is 0 Å². The summed E-state index contributed by atoms with van der Waals surface area (Å²) in [6.45, 7) is 3.85. The highest BCUT2D eigenvalue weighted by molar-refractivity contribution is 5.58. The molecular formula is C24H28N4O. The van der Waals surface area contributed by atoms with Crippen molar-refractivity contribution in [1.82, 2.24) is 9.97 Å². The second-order valence-electron chi connectivity index (χ2n) is 7.42. The quantitative estimate of drug-likeness (QED) is 0.573. The number of aromatic nitrogens is 2. The summed E-state index contributed by atoms with van der Waals surface area (Å²) in [4.78, 5) is 11.6. The Labute approximate surface area is 172 Å². The molecule has 5 nitrogen and oxygen atoms in total. The van der Waals surface area contributed by atoms with E-state index in [-0.39, 0.29) is 0 Å². The van der Waals surface area contributed by atoms with Crippen LogP contribution in [0.3, 0.4) is 0 Å². The molecule has 29 heavy (non-hydrogen) atoms. The van der Waals surface area contributed by atoms with Crippen LogP contribution in [0.4, 0.5) is 17.5 Å². The first kappa shape index (κ1) is 19.2. The number of ether oxygens (including phenoxy) is 1. The van der Waals surface area contributed by atoms with Crippen LogP contribution in [-0.2, 0) is 6.61 Å². The summed E-state index contributed by atoms with van der Waals surface area (Å²) < 4.78 is 5.86. The predicted molar refractivity (Wildman–Crippen MR) is 118 cm³/mol. The van der Waals surface area contributed by atoms with Crippen molar-refractivity contribution in [3.8, 4) is 5.75 Å². The lowest BCUT2D eigenvalue weighted by Crippen LogP contribution is -2.40. The van der Waals surface area contributed by atoms with E-state index >= 15 is 0 Å². The molecular weight excluding hydrogens is 360 g/mol. The minimum atomic E-state index is 0.542. The second kappa shape index (κ2) is 9.41. The Bertz CT molecular complexity index is 898. The molecule has 1 aromatic heterocycles. The molecule has 0 spiro atoms. The molecule has 1 saturated heterocycles. The number of hydrogen-bond donors (Lipinski definition) is 1. The molecule has 5 heteroatoms. The highest BCUT2D eigenvalue weighted by Gasteiger charge is 2.23. The van der Waals surface area contributed by atoms with Gasteiger partial charge < -0.3 is 15.0 Å². The molecule has 2 heterocycles. The third-order valence-electron chi connectivity index (χ3n) is 5.37. The van der Waals surface area contributed by atoms with Gasteiger partial charge >= 0.3 is 0 Å². The van der Waals surface area contributed by atoms with Crippen LogP contribution in [-0.4, -0.2) is 22.6 Å². The van der Waals surface area contributed by atoms with E-state index in [2.05, 4.69) is 34.3 Å². The van der Waals surface area contributed by atoms with Crippen molar-refractivity contribution in [2.75, 3.05) is 16.8 Å². The summed E-state index contributed by atoms with van der Waals surface area (Å²) in [6, 6.07) is 20.6. The zero-order valence-electron chi connectivity index (χ0n) is 16.9. The maximum absolute atomic E-state index is 5.86. The van der Waals surface area contributed by atoms with Crippen molar-refractivity contribution < 1.29 is 4.74 Å². The van der Waals surface area contributed by atoms with E-state index in [0.717, 1.165) is 41.7 Å². The summed E-state index contributed by atoms with van der Waals surface area (Å²) in [5, 5.41) is 3.38. The predicted octanol–water partition coefficient (Wildman–Crippen LogP) is 5.57. The summed E-state index contributed by atoms with van der Waals surface area (Å²) in [7, 11) is 0. The van der Waals surface area contributed by atoms with Crippen molar-refractivity contribution in [2.45, 2.75) is 45.3 Å². The van der Waals surface area contributed by atoms with Gasteiger partial charge in [-0.3, -0.25) is 0 Å². The average molecular weight is 389 g/mol. The van der Waals surface area contributed by atoms with Crippen LogP contribution >= 0.6 is 0 Å². The van der Waals surface area contributed by atoms with Crippen LogP contribution in [0.5, 0.6) is 5.75 Å². The van der Waals surface area contributed by atoms with Gasteiger partial charge in [0.25, 0.3) is 0 Å². The van der Waals surface area contributed by atoms with E-state index in [1.165, 1.54) is 19.3 Å². The molecule has 0 aliphatic carbocycles. The van der Waals surface area contributed by atoms with Crippen LogP contribution in [0.1, 0.15) is 38.2 Å². The van der Waals surface area contributed by atoms with Crippen molar-refractivity contribution >= 4 is 17.5 Å². The normalized spacial score (nSPS) is 16.4. The van der Waals surface area contributed by atoms with Gasteiger partial charge in [-0.15, -0.1) is 0 Å². The maximum Gasteiger partial charge on any atom is 0.227 e. The molecule has 1 unspecified atom stereocenters. The standard InChI is InChI=1S/C24H28N4O/c1-2-21-10-6-7-17-28(21)24-25-16-15-23(27-24)26-20-11-13-22(14-12-20)29-18-19-8-4-3-5-9-19/h3-5,8-9,11-16,21H,2,6-7,10,17-18H2,1H3,(H,25,26,27). The molecule has 1 aliphatic heterocycles. The molecule has 1 fully saturated rings. The Balaban J connectivity index is 1.39. The van der Waals surface area contributed by atoms with Crippen LogP contribution in [0.15, 0.2) is 66.9 Å². The minimum Gasteiger partial charge on any atom is -0.489 e. The van der Waals surface area contributed by atoms with Crippen molar-refractivity contribution in [3.63, 3.8) is 0 Å². The molecule has 0 amide bonds. The Morgan fingerprint density at radius 1 is 1.03 bits per heavy atom. The highest BCUT2D eigenvalue weighted by atomic mass is 16.5. The molecule has 150 valence electrons. The SMILES string of the molecule is CCC1CCCCN1c1nccc(Nc2ccc(OCc3ccccc3)cc2)n1. The molecule has 4 rings (SSSR count). The number of nitrogens with one attached hydrogen (secondary N) is 1. The molecule has 0 saturated carbocycles. The first-order chi connectivity index (χ1) is 14.3. The minimum absolute atomic E-state index is 0.542. The lowest BCUT2D eigenvalue weighted by molar-refractivity contribution is 0.306. The summed E-state index contributed by atoms with van der Waals surface area (Å²) >= 11 is 0. The topological polar surface area (TPSA) is 50.3 Å². The van der Waals surface area contributed by atoms with Crippen molar-refractivity contribution in [3.05, 3.63) is 72.4 Å². The van der Waals surface area contributed by atoms with Crippen LogP contribution in [0.2, 0.25) is 0 Å². The number of anilines is 3. The second-order valence-corrected chi connectivity index (χ2v) is 7.42. The fraction of sp³-hybridized carbons (Fsp3) is 0.333. The van der Waals surface area contributed by atoms with E-state index in [1.807, 2.05) is 54.7 Å². The van der Waals surface area contributed by atoms with Gasteiger partial charge in [0, 0.05) is 24.5 Å². The zero-order valence-corrected chi connectivity index (χ0v) is 16.9. The molecule has 0 radical (unpaired) electrons. The molecule has 2 aromatic carbocycles. The fourth-order valence-corrected chi connectivity index (χ4v) is 3.77. The highest BCUT2D eigenvalue weighted by Crippen LogP contribution is 2.25. The van der Waals surface area contributed by atoms with Crippen molar-refractivity contribution in [1.29, 1.82) is 0 Å². The Morgan fingerprint density at radius 2 is 1.86 bits per heavy atom. The summed E-state index contributed by atoms with van der Waals surface area (Å²) in [5.74, 6) is 2.49. The lowest BCUT2D eigenvalue weighted by Gasteiger charge is -2.35. The van der Waals surface area contributed by atoms with Gasteiger partial charge in [-0.25, -0.2) is 4.98 Å². The zero-order chi connectivity index (χ0) is 19.9. The Kier molecular flexibility index (Phi) is 6.25. The number of piperidine rings is 1. The van der Waals surface area contributed by atoms with Crippen LogP contribution < -0.4 is 15.0 Å². The fourth-order valence-electron chi connectivity index (χ4n) is 3.77. The van der Waals surface area contributed by atoms with Crippen LogP contribution in [0, 0.1) is 0 Å². The van der Waals surface area contributed by atoms with Gasteiger partial charge in [-0.1, -0.05) is 37.3 Å². The molecule has 3 aromatic rings. The molecule has 0 bridgehead atoms. The largest absolute Gasteiger partial charge is 0.489 e. The monoisotopic (exact) mass is 388 g/mol. The average Bonchev–Trinajstić information content (AvgIpc) is 2.79. The molecule has 1 aliphatic rings. The number of rotatable bonds is 7. The first-order valence-corrected chi connectivity index (χ1v) is 10.5. The third kappa shape index (κ3) is 5.05. The van der Waals surface area contributed by atoms with Gasteiger partial charge in [0.15, 0.2) is 0 Å². The van der Waals surface area contributed by atoms with Gasteiger partial charge in [-0.05, 0) is 61.6 Å². The van der Waals surface area contributed by atoms with Crippen LogP contribution in [0.25, 0.3) is 0 Å².